The summed E-state index contributed by atoms with van der Waals surface area (Å²) in [6.07, 6.45) is -0.399. The highest BCUT2D eigenvalue weighted by molar-refractivity contribution is 5.91. The maximum atomic E-state index is 12.4. The van der Waals surface area contributed by atoms with Gasteiger partial charge in [-0.15, -0.1) is 0 Å². The van der Waals surface area contributed by atoms with Gasteiger partial charge in [-0.25, -0.2) is 4.79 Å². The zero-order valence-corrected chi connectivity index (χ0v) is 13.3. The number of hydrogen-bond donors (Lipinski definition) is 0. The van der Waals surface area contributed by atoms with Gasteiger partial charge < -0.3 is 9.64 Å². The quantitative estimate of drug-likeness (QED) is 0.872. The number of Topliss-reactive ketones (excluding diaryl/α,β-unsaturated/α-hetero) is 1. The highest BCUT2D eigenvalue weighted by atomic mass is 16.6. The Balaban J connectivity index is 1.38. The number of hydrogen-bond acceptors (Lipinski definition) is 3. The second-order valence-electron chi connectivity index (χ2n) is 6.51. The first-order valence-electron chi connectivity index (χ1n) is 8.27. The van der Waals surface area contributed by atoms with Crippen molar-refractivity contribution in [2.24, 2.45) is 11.8 Å². The molecule has 1 heterocycles. The first-order chi connectivity index (χ1) is 11.7. The third-order valence-corrected chi connectivity index (χ3v) is 4.97. The second-order valence-corrected chi connectivity index (χ2v) is 6.51. The minimum absolute atomic E-state index is 0.0746. The van der Waals surface area contributed by atoms with Crippen LogP contribution in [-0.2, 0) is 16.1 Å². The molecule has 1 amide bonds. The number of piperidine rings is 1. The average Bonchev–Trinajstić information content (AvgIpc) is 3.36. The first kappa shape index (κ1) is 14.9. The number of carbonyl (C=O) groups excluding carboxylic acids is 2. The van der Waals surface area contributed by atoms with Gasteiger partial charge in [-0.05, 0) is 23.0 Å². The van der Waals surface area contributed by atoms with E-state index >= 15 is 0 Å². The Morgan fingerprint density at radius 2 is 1.67 bits per heavy atom. The van der Waals surface area contributed by atoms with E-state index < -0.39 is 6.09 Å². The standard InChI is InChI=1S/C20H19NO3/c22-17-12-21(20(23)24-13-14-7-3-1-4-8-14)11-16-18(19(16)17)15-9-5-2-6-10-15/h1-10,16,18-19H,11-13H2/t16-,18-,19+/m0/s1. The Bertz CT molecular complexity index is 744. The molecule has 2 aliphatic rings. The number of carbonyl (C=O) groups is 2. The third kappa shape index (κ3) is 2.80. The van der Waals surface area contributed by atoms with Crippen LogP contribution in [0.25, 0.3) is 0 Å². The molecule has 0 unspecified atom stereocenters. The van der Waals surface area contributed by atoms with Crippen molar-refractivity contribution in [2.45, 2.75) is 12.5 Å². The average molecular weight is 321 g/mol. The largest absolute Gasteiger partial charge is 0.445 e. The number of likely N-dealkylation sites (tertiary alicyclic amines) is 1. The summed E-state index contributed by atoms with van der Waals surface area (Å²) in [4.78, 5) is 26.2. The van der Waals surface area contributed by atoms with Crippen molar-refractivity contribution in [3.8, 4) is 0 Å². The molecule has 24 heavy (non-hydrogen) atoms. The van der Waals surface area contributed by atoms with Gasteiger partial charge >= 0.3 is 6.09 Å². The molecule has 0 N–H and O–H groups in total. The van der Waals surface area contributed by atoms with Crippen molar-refractivity contribution in [3.05, 3.63) is 71.8 Å². The van der Waals surface area contributed by atoms with Crippen LogP contribution >= 0.6 is 0 Å². The number of fused-ring (bicyclic) bond motifs is 1. The Morgan fingerprint density at radius 3 is 2.38 bits per heavy atom. The Hall–Kier alpha value is -2.62. The van der Waals surface area contributed by atoms with Crippen LogP contribution in [0.3, 0.4) is 0 Å². The van der Waals surface area contributed by atoms with E-state index in [0.717, 1.165) is 5.56 Å². The van der Waals surface area contributed by atoms with E-state index in [4.69, 9.17) is 4.74 Å². The molecule has 4 nitrogen and oxygen atoms in total. The molecule has 1 saturated carbocycles. The molecule has 2 aromatic carbocycles. The molecule has 3 atom stereocenters. The van der Waals surface area contributed by atoms with Gasteiger partial charge in [-0.1, -0.05) is 60.7 Å². The summed E-state index contributed by atoms with van der Waals surface area (Å²) < 4.78 is 5.36. The van der Waals surface area contributed by atoms with E-state index in [1.165, 1.54) is 5.56 Å². The number of benzene rings is 2. The van der Waals surface area contributed by atoms with Gasteiger partial charge in [0.15, 0.2) is 5.78 Å². The molecule has 2 fully saturated rings. The molecule has 1 aliphatic heterocycles. The molecule has 0 spiro atoms. The molecule has 4 rings (SSSR count). The third-order valence-electron chi connectivity index (χ3n) is 4.97. The van der Waals surface area contributed by atoms with Crippen molar-refractivity contribution in [3.63, 3.8) is 0 Å². The normalized spacial score (nSPS) is 25.1. The molecule has 0 aromatic heterocycles. The minimum atomic E-state index is -0.399. The smallest absolute Gasteiger partial charge is 0.410 e. The molecular weight excluding hydrogens is 302 g/mol. The van der Waals surface area contributed by atoms with E-state index in [9.17, 15) is 9.59 Å². The fourth-order valence-electron chi connectivity index (χ4n) is 3.73. The van der Waals surface area contributed by atoms with Crippen LogP contribution in [0.4, 0.5) is 4.79 Å². The van der Waals surface area contributed by atoms with Crippen molar-refractivity contribution in [1.29, 1.82) is 0 Å². The van der Waals surface area contributed by atoms with Crippen molar-refractivity contribution in [2.75, 3.05) is 13.1 Å². The fourth-order valence-corrected chi connectivity index (χ4v) is 3.73. The molecular formula is C20H19NO3. The maximum absolute atomic E-state index is 12.4. The maximum Gasteiger partial charge on any atom is 0.410 e. The summed E-state index contributed by atoms with van der Waals surface area (Å²) in [5, 5.41) is 0. The van der Waals surface area contributed by atoms with E-state index in [-0.39, 0.29) is 36.7 Å². The van der Waals surface area contributed by atoms with E-state index in [2.05, 4.69) is 12.1 Å². The topological polar surface area (TPSA) is 46.6 Å². The molecule has 1 saturated heterocycles. The van der Waals surface area contributed by atoms with E-state index in [1.807, 2.05) is 48.5 Å². The summed E-state index contributed by atoms with van der Waals surface area (Å²) in [7, 11) is 0. The lowest BCUT2D eigenvalue weighted by atomic mass is 10.1. The number of ether oxygens (including phenoxy) is 1. The van der Waals surface area contributed by atoms with Crippen molar-refractivity contribution in [1.82, 2.24) is 4.90 Å². The number of rotatable bonds is 3. The van der Waals surface area contributed by atoms with Gasteiger partial charge in [0.25, 0.3) is 0 Å². The number of nitrogens with zero attached hydrogens (tertiary/aromatic N) is 1. The number of amides is 1. The van der Waals surface area contributed by atoms with Gasteiger partial charge in [0.1, 0.15) is 6.61 Å². The monoisotopic (exact) mass is 321 g/mol. The predicted molar refractivity (Wildman–Crippen MR) is 89.4 cm³/mol. The minimum Gasteiger partial charge on any atom is -0.445 e. The van der Waals surface area contributed by atoms with Gasteiger partial charge in [0.2, 0.25) is 0 Å². The predicted octanol–water partition coefficient (Wildman–Crippen LogP) is 3.24. The summed E-state index contributed by atoms with van der Waals surface area (Å²) >= 11 is 0. The van der Waals surface area contributed by atoms with Crippen LogP contribution in [0, 0.1) is 11.8 Å². The van der Waals surface area contributed by atoms with Gasteiger partial charge in [0.05, 0.1) is 6.54 Å². The van der Waals surface area contributed by atoms with Crippen LogP contribution in [0.15, 0.2) is 60.7 Å². The van der Waals surface area contributed by atoms with Crippen LogP contribution < -0.4 is 0 Å². The molecule has 0 bridgehead atoms. The van der Waals surface area contributed by atoms with Crippen LogP contribution in [0.5, 0.6) is 0 Å². The lowest BCUT2D eigenvalue weighted by molar-refractivity contribution is -0.123. The SMILES string of the molecule is O=C1CN(C(=O)OCc2ccccc2)C[C@@H]2[C@H]1[C@H]2c1ccccc1. The van der Waals surface area contributed by atoms with Crippen LogP contribution in [0.1, 0.15) is 17.0 Å². The van der Waals surface area contributed by atoms with E-state index in [0.29, 0.717) is 6.54 Å². The Labute approximate surface area is 141 Å². The van der Waals surface area contributed by atoms with Gasteiger partial charge in [0, 0.05) is 12.5 Å². The van der Waals surface area contributed by atoms with Gasteiger partial charge in [-0.3, -0.25) is 4.79 Å². The zero-order valence-electron chi connectivity index (χ0n) is 13.3. The lowest BCUT2D eigenvalue weighted by Crippen LogP contribution is -2.41. The van der Waals surface area contributed by atoms with E-state index in [1.54, 1.807) is 4.90 Å². The van der Waals surface area contributed by atoms with Crippen molar-refractivity contribution >= 4 is 11.9 Å². The Morgan fingerprint density at radius 1 is 1.00 bits per heavy atom. The zero-order chi connectivity index (χ0) is 16.5. The molecule has 2 aromatic rings. The molecule has 1 aliphatic carbocycles. The molecule has 4 heteroatoms. The molecule has 0 radical (unpaired) electrons. The lowest BCUT2D eigenvalue weighted by Gasteiger charge is -2.24. The summed E-state index contributed by atoms with van der Waals surface area (Å²) in [6, 6.07) is 19.7. The summed E-state index contributed by atoms with van der Waals surface area (Å²) in [5.74, 6) is 0.714. The fraction of sp³-hybridized carbons (Fsp3) is 0.300. The molecule has 122 valence electrons. The van der Waals surface area contributed by atoms with Gasteiger partial charge in [-0.2, -0.15) is 0 Å². The summed E-state index contributed by atoms with van der Waals surface area (Å²) in [6.45, 7) is 1.00. The second kappa shape index (κ2) is 6.11. The highest BCUT2D eigenvalue weighted by Crippen LogP contribution is 2.56. The number of ketones is 1. The summed E-state index contributed by atoms with van der Waals surface area (Å²) in [5.41, 5.74) is 2.14. The first-order valence-corrected chi connectivity index (χ1v) is 8.27. The van der Waals surface area contributed by atoms with Crippen LogP contribution in [-0.4, -0.2) is 29.9 Å². The highest BCUT2D eigenvalue weighted by Gasteiger charge is 2.58. The van der Waals surface area contributed by atoms with Crippen molar-refractivity contribution < 1.29 is 14.3 Å². The van der Waals surface area contributed by atoms with Crippen LogP contribution in [0.2, 0.25) is 0 Å². The Kier molecular flexibility index (Phi) is 3.81.